The van der Waals surface area contributed by atoms with Gasteiger partial charge in [-0.3, -0.25) is 10.7 Å². The molecule has 3 heteroatoms. The molecule has 3 nitrogen and oxygen atoms in total. The zero-order valence-electron chi connectivity index (χ0n) is 6.37. The van der Waals surface area contributed by atoms with Gasteiger partial charge in [0.05, 0.1) is 12.3 Å². The van der Waals surface area contributed by atoms with Crippen molar-refractivity contribution in [3.05, 3.63) is 29.8 Å². The molecule has 0 atom stereocenters. The van der Waals surface area contributed by atoms with E-state index in [1.54, 1.807) is 13.2 Å². The topological polar surface area (TPSA) is 41.5 Å². The van der Waals surface area contributed by atoms with E-state index in [1.165, 1.54) is 0 Å². The lowest BCUT2D eigenvalue weighted by Gasteiger charge is -2.05. The van der Waals surface area contributed by atoms with Crippen LogP contribution in [-0.2, 0) is 11.3 Å². The molecule has 1 aromatic carbocycles. The Morgan fingerprint density at radius 3 is 2.82 bits per heavy atom. The Bertz CT molecular complexity index is 225. The molecule has 0 aliphatic heterocycles. The van der Waals surface area contributed by atoms with Gasteiger partial charge in [-0.15, -0.1) is 0 Å². The highest BCUT2D eigenvalue weighted by Gasteiger charge is 1.97. The van der Waals surface area contributed by atoms with Crippen LogP contribution in [0.4, 0.5) is 5.69 Å². The molecule has 0 saturated carbocycles. The Labute approximate surface area is 65.6 Å². The fourth-order valence-electron chi connectivity index (χ4n) is 0.911. The van der Waals surface area contributed by atoms with Gasteiger partial charge in [-0.05, 0) is 6.07 Å². The van der Waals surface area contributed by atoms with Crippen LogP contribution in [-0.4, -0.2) is 12.3 Å². The molecule has 2 N–H and O–H groups in total. The first-order valence-electron chi connectivity index (χ1n) is 3.35. The van der Waals surface area contributed by atoms with E-state index in [2.05, 4.69) is 5.48 Å². The third-order valence-electron chi connectivity index (χ3n) is 1.44. The Kier molecular flexibility index (Phi) is 2.89. The van der Waals surface area contributed by atoms with Crippen LogP contribution in [0, 0.1) is 0 Å². The predicted octanol–water partition coefficient (Wildman–Crippen LogP) is 1.63. The van der Waals surface area contributed by atoms with Crippen LogP contribution < -0.4 is 5.48 Å². The Balaban J connectivity index is 2.83. The van der Waals surface area contributed by atoms with Crippen molar-refractivity contribution in [1.82, 2.24) is 0 Å². The van der Waals surface area contributed by atoms with E-state index in [-0.39, 0.29) is 0 Å². The second-order valence-corrected chi connectivity index (χ2v) is 2.20. The van der Waals surface area contributed by atoms with E-state index >= 15 is 0 Å². The molecule has 0 radical (unpaired) electrons. The number of hydrogen-bond donors (Lipinski definition) is 2. The number of ether oxygens (including phenoxy) is 1. The average Bonchev–Trinajstić information content (AvgIpc) is 2.06. The maximum atomic E-state index is 8.64. The minimum absolute atomic E-state index is 0.504. The number of rotatable bonds is 3. The number of benzene rings is 1. The van der Waals surface area contributed by atoms with Crippen molar-refractivity contribution in [3.63, 3.8) is 0 Å². The minimum atomic E-state index is 0.504. The number of methoxy groups -OCH3 is 1. The number of hydrogen-bond acceptors (Lipinski definition) is 3. The summed E-state index contributed by atoms with van der Waals surface area (Å²) in [6.45, 7) is 0.504. The van der Waals surface area contributed by atoms with Gasteiger partial charge >= 0.3 is 0 Å². The molecule has 0 fully saturated rings. The molecule has 1 aromatic rings. The van der Waals surface area contributed by atoms with E-state index in [0.717, 1.165) is 5.56 Å². The van der Waals surface area contributed by atoms with Gasteiger partial charge < -0.3 is 4.74 Å². The highest BCUT2D eigenvalue weighted by atomic mass is 16.5. The molecule has 1 rings (SSSR count). The van der Waals surface area contributed by atoms with E-state index in [0.29, 0.717) is 12.3 Å². The molecule has 0 bridgehead atoms. The van der Waals surface area contributed by atoms with Crippen LogP contribution in [0.3, 0.4) is 0 Å². The van der Waals surface area contributed by atoms with Crippen molar-refractivity contribution in [2.24, 2.45) is 0 Å². The summed E-state index contributed by atoms with van der Waals surface area (Å²) in [6.07, 6.45) is 0. The second-order valence-electron chi connectivity index (χ2n) is 2.20. The fourth-order valence-corrected chi connectivity index (χ4v) is 0.911. The molecule has 0 unspecified atom stereocenters. The minimum Gasteiger partial charge on any atom is -0.380 e. The lowest BCUT2D eigenvalue weighted by molar-refractivity contribution is 0.185. The molecule has 0 spiro atoms. The standard InChI is InChI=1S/C8H11NO2/c1-11-6-7-4-2-3-5-8(7)9-10/h2-5,9-10H,6H2,1H3. The van der Waals surface area contributed by atoms with Gasteiger partial charge in [0.15, 0.2) is 0 Å². The van der Waals surface area contributed by atoms with Crippen LogP contribution in [0.2, 0.25) is 0 Å². The molecular weight excluding hydrogens is 142 g/mol. The summed E-state index contributed by atoms with van der Waals surface area (Å²) in [7, 11) is 1.62. The Morgan fingerprint density at radius 1 is 1.45 bits per heavy atom. The van der Waals surface area contributed by atoms with Crippen molar-refractivity contribution in [2.75, 3.05) is 12.6 Å². The first-order valence-corrected chi connectivity index (χ1v) is 3.35. The lowest BCUT2D eigenvalue weighted by Crippen LogP contribution is -1.96. The van der Waals surface area contributed by atoms with Gasteiger partial charge in [0, 0.05) is 12.7 Å². The van der Waals surface area contributed by atoms with Gasteiger partial charge in [-0.25, -0.2) is 0 Å². The Morgan fingerprint density at radius 2 is 2.18 bits per heavy atom. The molecule has 0 aliphatic carbocycles. The van der Waals surface area contributed by atoms with Gasteiger partial charge in [0.25, 0.3) is 0 Å². The predicted molar refractivity (Wildman–Crippen MR) is 42.6 cm³/mol. The van der Waals surface area contributed by atoms with Crippen LogP contribution >= 0.6 is 0 Å². The molecule has 0 aliphatic rings. The molecule has 11 heavy (non-hydrogen) atoms. The number of anilines is 1. The third kappa shape index (κ3) is 1.93. The Hall–Kier alpha value is -1.06. The third-order valence-corrected chi connectivity index (χ3v) is 1.44. The number of nitrogens with one attached hydrogen (secondary N) is 1. The summed E-state index contributed by atoms with van der Waals surface area (Å²) in [5.41, 5.74) is 3.73. The zero-order valence-corrected chi connectivity index (χ0v) is 6.37. The fraction of sp³-hybridized carbons (Fsp3) is 0.250. The van der Waals surface area contributed by atoms with Gasteiger partial charge in [0.2, 0.25) is 0 Å². The summed E-state index contributed by atoms with van der Waals surface area (Å²) >= 11 is 0. The first-order chi connectivity index (χ1) is 5.38. The summed E-state index contributed by atoms with van der Waals surface area (Å²) in [5.74, 6) is 0. The summed E-state index contributed by atoms with van der Waals surface area (Å²) in [5, 5.41) is 8.64. The van der Waals surface area contributed by atoms with Gasteiger partial charge in [0.1, 0.15) is 0 Å². The summed E-state index contributed by atoms with van der Waals surface area (Å²) in [6, 6.07) is 7.42. The monoisotopic (exact) mass is 153 g/mol. The lowest BCUT2D eigenvalue weighted by atomic mass is 10.2. The average molecular weight is 153 g/mol. The van der Waals surface area contributed by atoms with E-state index in [1.807, 2.05) is 18.2 Å². The van der Waals surface area contributed by atoms with E-state index in [4.69, 9.17) is 9.94 Å². The maximum Gasteiger partial charge on any atom is 0.0734 e. The van der Waals surface area contributed by atoms with Crippen LogP contribution in [0.25, 0.3) is 0 Å². The van der Waals surface area contributed by atoms with Gasteiger partial charge in [-0.1, -0.05) is 18.2 Å². The normalized spacial score (nSPS) is 9.64. The number of para-hydroxylation sites is 1. The summed E-state index contributed by atoms with van der Waals surface area (Å²) < 4.78 is 4.92. The van der Waals surface area contributed by atoms with E-state index < -0.39 is 0 Å². The highest BCUT2D eigenvalue weighted by Crippen LogP contribution is 2.14. The molecule has 0 heterocycles. The molecule has 60 valence electrons. The highest BCUT2D eigenvalue weighted by molar-refractivity contribution is 5.48. The smallest absolute Gasteiger partial charge is 0.0734 e. The molecular formula is C8H11NO2. The van der Waals surface area contributed by atoms with Crippen molar-refractivity contribution < 1.29 is 9.94 Å². The van der Waals surface area contributed by atoms with Crippen LogP contribution in [0.5, 0.6) is 0 Å². The van der Waals surface area contributed by atoms with Crippen molar-refractivity contribution in [1.29, 1.82) is 0 Å². The van der Waals surface area contributed by atoms with Crippen molar-refractivity contribution >= 4 is 5.69 Å². The van der Waals surface area contributed by atoms with E-state index in [9.17, 15) is 0 Å². The first kappa shape index (κ1) is 8.04. The molecule has 0 saturated heterocycles. The van der Waals surface area contributed by atoms with Crippen LogP contribution in [0.1, 0.15) is 5.56 Å². The summed E-state index contributed by atoms with van der Waals surface area (Å²) in [4.78, 5) is 0. The van der Waals surface area contributed by atoms with Crippen LogP contribution in [0.15, 0.2) is 24.3 Å². The second kappa shape index (κ2) is 3.95. The zero-order chi connectivity index (χ0) is 8.10. The van der Waals surface area contributed by atoms with Crippen molar-refractivity contribution in [3.8, 4) is 0 Å². The van der Waals surface area contributed by atoms with Gasteiger partial charge in [-0.2, -0.15) is 0 Å². The quantitative estimate of drug-likeness (QED) is 0.648. The maximum absolute atomic E-state index is 8.64. The largest absolute Gasteiger partial charge is 0.380 e. The van der Waals surface area contributed by atoms with Crippen molar-refractivity contribution in [2.45, 2.75) is 6.61 Å². The SMILES string of the molecule is COCc1ccccc1NO. The molecule has 0 aromatic heterocycles. The molecule has 0 amide bonds.